The van der Waals surface area contributed by atoms with Crippen molar-refractivity contribution in [3.8, 4) is 0 Å². The standard InChI is InChI=1S/C17H18ClN3O3S/c1-10-5-3-4-6-12(10)9-21-11(2)20-15-8-14(18)16(25(19,23)24)7-13(15)17(21)22/h3-8,11,20H,9H2,1-2H3,(H2,19,23,24). The van der Waals surface area contributed by atoms with Crippen molar-refractivity contribution >= 4 is 33.2 Å². The molecular weight excluding hydrogens is 362 g/mol. The molecular formula is C17H18ClN3O3S. The van der Waals surface area contributed by atoms with Crippen molar-refractivity contribution in [2.24, 2.45) is 5.14 Å². The molecule has 0 fully saturated rings. The average molecular weight is 380 g/mol. The number of nitrogens with one attached hydrogen (secondary N) is 1. The van der Waals surface area contributed by atoms with Gasteiger partial charge in [0.2, 0.25) is 10.0 Å². The van der Waals surface area contributed by atoms with Crippen LogP contribution in [0, 0.1) is 6.92 Å². The molecule has 1 aliphatic rings. The second-order valence-electron chi connectivity index (χ2n) is 6.05. The van der Waals surface area contributed by atoms with Crippen LogP contribution < -0.4 is 10.5 Å². The van der Waals surface area contributed by atoms with E-state index < -0.39 is 10.0 Å². The van der Waals surface area contributed by atoms with E-state index in [-0.39, 0.29) is 27.6 Å². The summed E-state index contributed by atoms with van der Waals surface area (Å²) in [7, 11) is -4.02. The summed E-state index contributed by atoms with van der Waals surface area (Å²) in [5, 5.41) is 8.36. The summed E-state index contributed by atoms with van der Waals surface area (Å²) in [6, 6.07) is 10.5. The topological polar surface area (TPSA) is 92.5 Å². The number of nitrogens with zero attached hydrogens (tertiary/aromatic N) is 1. The van der Waals surface area contributed by atoms with Gasteiger partial charge >= 0.3 is 0 Å². The number of hydrogen-bond donors (Lipinski definition) is 2. The molecule has 2 aromatic carbocycles. The largest absolute Gasteiger partial charge is 0.365 e. The molecule has 1 amide bonds. The van der Waals surface area contributed by atoms with E-state index in [0.29, 0.717) is 12.2 Å². The minimum Gasteiger partial charge on any atom is -0.365 e. The highest BCUT2D eigenvalue weighted by Gasteiger charge is 2.31. The molecule has 0 bridgehead atoms. The second-order valence-corrected chi connectivity index (χ2v) is 7.99. The summed E-state index contributed by atoms with van der Waals surface area (Å²) < 4.78 is 23.4. The molecule has 2 aromatic rings. The molecule has 8 heteroatoms. The van der Waals surface area contributed by atoms with Crippen LogP contribution in [-0.4, -0.2) is 25.4 Å². The lowest BCUT2D eigenvalue weighted by molar-refractivity contribution is 0.0682. The molecule has 25 heavy (non-hydrogen) atoms. The zero-order valence-corrected chi connectivity index (χ0v) is 15.4. The predicted molar refractivity (Wildman–Crippen MR) is 97.0 cm³/mol. The van der Waals surface area contributed by atoms with Gasteiger partial charge in [-0.25, -0.2) is 13.6 Å². The van der Waals surface area contributed by atoms with Crippen LogP contribution in [0.3, 0.4) is 0 Å². The van der Waals surface area contributed by atoms with Gasteiger partial charge in [-0.2, -0.15) is 0 Å². The highest BCUT2D eigenvalue weighted by Crippen LogP contribution is 2.33. The highest BCUT2D eigenvalue weighted by molar-refractivity contribution is 7.89. The number of aryl methyl sites for hydroxylation is 1. The molecule has 0 radical (unpaired) electrons. The van der Waals surface area contributed by atoms with E-state index in [2.05, 4.69) is 5.32 Å². The first kappa shape index (κ1) is 17.7. The molecule has 1 aliphatic heterocycles. The van der Waals surface area contributed by atoms with E-state index in [0.717, 1.165) is 11.1 Å². The number of rotatable bonds is 3. The van der Waals surface area contributed by atoms with Crippen LogP contribution in [-0.2, 0) is 16.6 Å². The van der Waals surface area contributed by atoms with Crippen molar-refractivity contribution in [1.29, 1.82) is 0 Å². The lowest BCUT2D eigenvalue weighted by Crippen LogP contribution is -2.46. The first-order valence-corrected chi connectivity index (χ1v) is 9.59. The van der Waals surface area contributed by atoms with E-state index in [1.165, 1.54) is 12.1 Å². The van der Waals surface area contributed by atoms with Gasteiger partial charge < -0.3 is 10.2 Å². The molecule has 0 aromatic heterocycles. The van der Waals surface area contributed by atoms with Crippen LogP contribution >= 0.6 is 11.6 Å². The lowest BCUT2D eigenvalue weighted by atomic mass is 10.0. The van der Waals surface area contributed by atoms with Crippen LogP contribution in [0.2, 0.25) is 5.02 Å². The number of sulfonamides is 1. The fourth-order valence-corrected chi connectivity index (χ4v) is 3.98. The smallest absolute Gasteiger partial charge is 0.257 e. The van der Waals surface area contributed by atoms with Crippen LogP contribution in [0.5, 0.6) is 0 Å². The number of carbonyl (C=O) groups excluding carboxylic acids is 1. The Morgan fingerprint density at radius 2 is 1.96 bits per heavy atom. The minimum atomic E-state index is -4.02. The molecule has 1 atom stereocenters. The molecule has 0 aliphatic carbocycles. The Kier molecular flexibility index (Phi) is 4.49. The zero-order chi connectivity index (χ0) is 18.4. The van der Waals surface area contributed by atoms with Gasteiger partial charge in [0, 0.05) is 6.54 Å². The highest BCUT2D eigenvalue weighted by atomic mass is 35.5. The van der Waals surface area contributed by atoms with Crippen molar-refractivity contribution in [2.75, 3.05) is 5.32 Å². The van der Waals surface area contributed by atoms with Gasteiger partial charge in [0.05, 0.1) is 22.4 Å². The number of primary sulfonamides is 1. The summed E-state index contributed by atoms with van der Waals surface area (Å²) in [6.45, 7) is 4.25. The molecule has 3 rings (SSSR count). The predicted octanol–water partition coefficient (Wildman–Crippen LogP) is 2.71. The third-order valence-corrected chi connectivity index (χ3v) is 5.68. The Bertz CT molecular complexity index is 960. The Morgan fingerprint density at radius 1 is 1.28 bits per heavy atom. The molecule has 6 nitrogen and oxygen atoms in total. The fourth-order valence-electron chi connectivity index (χ4n) is 2.88. The minimum absolute atomic E-state index is 0.0129. The summed E-state index contributed by atoms with van der Waals surface area (Å²) in [4.78, 5) is 14.3. The van der Waals surface area contributed by atoms with E-state index in [4.69, 9.17) is 16.7 Å². The number of benzene rings is 2. The van der Waals surface area contributed by atoms with Crippen LogP contribution in [0.25, 0.3) is 0 Å². The Morgan fingerprint density at radius 3 is 2.60 bits per heavy atom. The molecule has 0 saturated carbocycles. The van der Waals surface area contributed by atoms with Crippen LogP contribution in [0.4, 0.5) is 5.69 Å². The van der Waals surface area contributed by atoms with Gasteiger partial charge in [-0.1, -0.05) is 35.9 Å². The third-order valence-electron chi connectivity index (χ3n) is 4.30. The Balaban J connectivity index is 2.02. The number of halogens is 1. The zero-order valence-electron chi connectivity index (χ0n) is 13.8. The first-order chi connectivity index (χ1) is 11.7. The van der Waals surface area contributed by atoms with Gasteiger partial charge in [0.1, 0.15) is 4.90 Å². The number of carbonyl (C=O) groups is 1. The van der Waals surface area contributed by atoms with Gasteiger partial charge in [0.15, 0.2) is 0 Å². The second kappa shape index (κ2) is 6.33. The normalized spacial score (nSPS) is 17.2. The summed E-state index contributed by atoms with van der Waals surface area (Å²) in [5.74, 6) is -0.272. The summed E-state index contributed by atoms with van der Waals surface area (Å²) in [5.41, 5.74) is 2.83. The molecule has 0 saturated heterocycles. The quantitative estimate of drug-likeness (QED) is 0.857. The van der Waals surface area contributed by atoms with Gasteiger partial charge in [0.25, 0.3) is 5.91 Å². The van der Waals surface area contributed by atoms with E-state index in [9.17, 15) is 13.2 Å². The maximum absolute atomic E-state index is 12.9. The first-order valence-electron chi connectivity index (χ1n) is 7.67. The fraction of sp³-hybridized carbons (Fsp3) is 0.235. The van der Waals surface area contributed by atoms with E-state index >= 15 is 0 Å². The number of nitrogens with two attached hydrogens (primary N) is 1. The maximum atomic E-state index is 12.9. The number of anilines is 1. The van der Waals surface area contributed by atoms with Gasteiger partial charge in [-0.15, -0.1) is 0 Å². The maximum Gasteiger partial charge on any atom is 0.257 e. The number of hydrogen-bond acceptors (Lipinski definition) is 4. The van der Waals surface area contributed by atoms with Gasteiger partial charge in [-0.3, -0.25) is 4.79 Å². The van der Waals surface area contributed by atoms with Crippen molar-refractivity contribution < 1.29 is 13.2 Å². The molecule has 1 unspecified atom stereocenters. The average Bonchev–Trinajstić information content (AvgIpc) is 2.51. The summed E-state index contributed by atoms with van der Waals surface area (Å²) in [6.07, 6.45) is -0.268. The number of fused-ring (bicyclic) bond motifs is 1. The van der Waals surface area contributed by atoms with Crippen LogP contribution in [0.15, 0.2) is 41.3 Å². The molecule has 132 valence electrons. The van der Waals surface area contributed by atoms with Crippen molar-refractivity contribution in [2.45, 2.75) is 31.5 Å². The van der Waals surface area contributed by atoms with E-state index in [1.807, 2.05) is 38.1 Å². The molecule has 0 spiro atoms. The monoisotopic (exact) mass is 379 g/mol. The Labute approximate surface area is 151 Å². The van der Waals surface area contributed by atoms with Crippen molar-refractivity contribution in [3.63, 3.8) is 0 Å². The molecule has 3 N–H and O–H groups in total. The number of amides is 1. The van der Waals surface area contributed by atoms with Gasteiger partial charge in [-0.05, 0) is 37.1 Å². The van der Waals surface area contributed by atoms with Crippen molar-refractivity contribution in [3.05, 3.63) is 58.1 Å². The van der Waals surface area contributed by atoms with E-state index in [1.54, 1.807) is 4.90 Å². The third kappa shape index (κ3) is 3.35. The SMILES string of the molecule is Cc1ccccc1CN1C(=O)c2cc(S(N)(=O)=O)c(Cl)cc2NC1C. The summed E-state index contributed by atoms with van der Waals surface area (Å²) >= 11 is 6.00. The lowest BCUT2D eigenvalue weighted by Gasteiger charge is -2.36. The van der Waals surface area contributed by atoms with Crippen molar-refractivity contribution in [1.82, 2.24) is 4.90 Å². The Hall–Kier alpha value is -2.09. The van der Waals surface area contributed by atoms with Crippen LogP contribution in [0.1, 0.15) is 28.4 Å². The molecule has 1 heterocycles.